The average Bonchev–Trinajstić information content (AvgIpc) is 3.09. The lowest BCUT2D eigenvalue weighted by Crippen LogP contribution is -2.36. The lowest BCUT2D eigenvalue weighted by atomic mass is 9.97. The van der Waals surface area contributed by atoms with Crippen LogP contribution < -0.4 is 4.57 Å². The van der Waals surface area contributed by atoms with Crippen LogP contribution in [0.5, 0.6) is 0 Å². The van der Waals surface area contributed by atoms with Crippen LogP contribution in [0.25, 0.3) is 38.6 Å². The molecule has 0 aliphatic carbocycles. The second-order valence-corrected chi connectivity index (χ2v) is 8.21. The van der Waals surface area contributed by atoms with E-state index in [1.807, 2.05) is 96.9 Å². The van der Waals surface area contributed by atoms with Crippen molar-refractivity contribution in [3.63, 3.8) is 0 Å². The predicted octanol–water partition coefficient (Wildman–Crippen LogP) is 6.91. The number of pyridine rings is 1. The van der Waals surface area contributed by atoms with Crippen molar-refractivity contribution < 1.29 is 17.7 Å². The molecule has 5 rings (SSSR count). The van der Waals surface area contributed by atoms with Crippen LogP contribution in [-0.4, -0.2) is 4.57 Å². The average molecular weight is 431 g/mol. The number of fused-ring (bicyclic) bond motifs is 2. The lowest BCUT2D eigenvalue weighted by molar-refractivity contribution is -0.575. The quantitative estimate of drug-likeness (QED) is 0.269. The summed E-state index contributed by atoms with van der Waals surface area (Å²) in [5, 5.41) is 2.90. The highest BCUT2D eigenvalue weighted by atomic mass is 19.4. The summed E-state index contributed by atoms with van der Waals surface area (Å²) in [6.07, 6.45) is -2.50. The molecule has 0 saturated carbocycles. The monoisotopic (exact) mass is 431 g/mol. The van der Waals surface area contributed by atoms with Crippen LogP contribution in [0.4, 0.5) is 13.2 Å². The molecular formula is C27H22F3N2+. The Labute approximate surface area is 184 Å². The van der Waals surface area contributed by atoms with E-state index >= 15 is 0 Å². The number of rotatable bonds is 2. The number of benzene rings is 3. The lowest BCUT2D eigenvalue weighted by Gasteiger charge is -2.16. The van der Waals surface area contributed by atoms with Gasteiger partial charge < -0.3 is 4.57 Å². The van der Waals surface area contributed by atoms with Gasteiger partial charge >= 0.3 is 6.18 Å². The third-order valence-electron chi connectivity index (χ3n) is 6.14. The molecule has 2 aromatic heterocycles. The van der Waals surface area contributed by atoms with Gasteiger partial charge in [0.15, 0.2) is 5.69 Å². The number of halogens is 3. The van der Waals surface area contributed by atoms with Gasteiger partial charge in [0.25, 0.3) is 0 Å². The third kappa shape index (κ3) is 3.16. The van der Waals surface area contributed by atoms with E-state index in [9.17, 15) is 13.2 Å². The zero-order valence-corrected chi connectivity index (χ0v) is 18.0. The van der Waals surface area contributed by atoms with Gasteiger partial charge in [-0.25, -0.2) is 0 Å². The molecule has 3 aromatic carbocycles. The predicted molar refractivity (Wildman–Crippen MR) is 122 cm³/mol. The largest absolute Gasteiger partial charge is 0.416 e. The smallest absolute Gasteiger partial charge is 0.349 e. The topological polar surface area (TPSA) is 8.81 Å². The molecule has 160 valence electrons. The van der Waals surface area contributed by atoms with Gasteiger partial charge in [0.05, 0.1) is 11.3 Å². The second kappa shape index (κ2) is 7.23. The molecule has 5 aromatic rings. The van der Waals surface area contributed by atoms with Gasteiger partial charge in [0, 0.05) is 60.3 Å². The summed E-state index contributed by atoms with van der Waals surface area (Å²) in [4.78, 5) is 0. The minimum absolute atomic E-state index is 0.536. The number of hydrogen-bond acceptors (Lipinski definition) is 0. The normalized spacial score (nSPS) is 12.1. The zero-order chi connectivity index (χ0) is 22.6. The van der Waals surface area contributed by atoms with E-state index in [0.717, 1.165) is 38.6 Å². The summed E-state index contributed by atoms with van der Waals surface area (Å²) in [6, 6.07) is 22.0. The second-order valence-electron chi connectivity index (χ2n) is 8.21. The maximum absolute atomic E-state index is 14.0. The van der Waals surface area contributed by atoms with Gasteiger partial charge in [-0.1, -0.05) is 36.4 Å². The summed E-state index contributed by atoms with van der Waals surface area (Å²) < 4.78 is 46.0. The Morgan fingerprint density at radius 2 is 1.50 bits per heavy atom. The number of alkyl halides is 3. The van der Waals surface area contributed by atoms with Crippen molar-refractivity contribution in [2.75, 3.05) is 0 Å². The minimum Gasteiger partial charge on any atom is -0.349 e. The molecule has 2 nitrogen and oxygen atoms in total. The van der Waals surface area contributed by atoms with E-state index < -0.39 is 11.7 Å². The molecule has 0 bridgehead atoms. The van der Waals surface area contributed by atoms with Crippen molar-refractivity contribution in [3.05, 3.63) is 95.8 Å². The first-order chi connectivity index (χ1) is 15.3. The molecule has 0 saturated heterocycles. The first kappa shape index (κ1) is 20.3. The summed E-state index contributed by atoms with van der Waals surface area (Å²) in [7, 11) is 1.88. The fourth-order valence-electron chi connectivity index (χ4n) is 4.59. The molecule has 0 atom stereocenters. The van der Waals surface area contributed by atoms with Crippen LogP contribution in [0, 0.1) is 13.8 Å². The number of para-hydroxylation sites is 1. The molecule has 0 radical (unpaired) electrons. The maximum atomic E-state index is 14.0. The Morgan fingerprint density at radius 3 is 2.25 bits per heavy atom. The SMILES string of the molecule is Cc1c(-c2c3ccccc3cn2C)cc(C(F)(F)F)cc1-[n+]1c(C)ccc2ccccc21. The Balaban J connectivity index is 1.91. The molecule has 0 amide bonds. The molecule has 0 spiro atoms. The summed E-state index contributed by atoms with van der Waals surface area (Å²) in [5.41, 5.74) is 3.79. The van der Waals surface area contributed by atoms with Gasteiger partial charge in [0.1, 0.15) is 0 Å². The third-order valence-corrected chi connectivity index (χ3v) is 6.14. The van der Waals surface area contributed by atoms with Crippen molar-refractivity contribution in [2.24, 2.45) is 7.05 Å². The number of nitrogens with zero attached hydrogens (tertiary/aromatic N) is 2. The fraction of sp³-hybridized carbons (Fsp3) is 0.148. The summed E-state index contributed by atoms with van der Waals surface area (Å²) >= 11 is 0. The van der Waals surface area contributed by atoms with Crippen LogP contribution in [0.15, 0.2) is 79.0 Å². The van der Waals surface area contributed by atoms with Crippen molar-refractivity contribution in [1.82, 2.24) is 4.57 Å². The summed E-state index contributed by atoms with van der Waals surface area (Å²) in [5.74, 6) is 0. The Morgan fingerprint density at radius 1 is 0.812 bits per heavy atom. The molecule has 0 N–H and O–H groups in total. The minimum atomic E-state index is -4.46. The van der Waals surface area contributed by atoms with Gasteiger partial charge in [-0.3, -0.25) is 0 Å². The van der Waals surface area contributed by atoms with Crippen molar-refractivity contribution in [1.29, 1.82) is 0 Å². The Hall–Kier alpha value is -3.60. The molecule has 0 aliphatic rings. The van der Waals surface area contributed by atoms with Gasteiger partial charge in [-0.15, -0.1) is 0 Å². The molecular weight excluding hydrogens is 409 g/mol. The first-order valence-electron chi connectivity index (χ1n) is 10.4. The van der Waals surface area contributed by atoms with E-state index in [1.165, 1.54) is 12.1 Å². The standard InChI is InChI=1S/C27H22F3N2/c1-17-12-13-19-8-5-7-11-24(19)32(17)25-15-21(27(28,29)30)14-23(18(25)2)26-22-10-6-4-9-20(22)16-31(26)3/h4-16H,1-3H3/q+1. The van der Waals surface area contributed by atoms with E-state index in [0.29, 0.717) is 11.3 Å². The van der Waals surface area contributed by atoms with Crippen LogP contribution in [0.3, 0.4) is 0 Å². The van der Waals surface area contributed by atoms with Crippen molar-refractivity contribution >= 4 is 21.7 Å². The molecule has 0 unspecified atom stereocenters. The first-order valence-corrected chi connectivity index (χ1v) is 10.4. The van der Waals surface area contributed by atoms with Crippen LogP contribution in [0.1, 0.15) is 16.8 Å². The van der Waals surface area contributed by atoms with Crippen LogP contribution >= 0.6 is 0 Å². The van der Waals surface area contributed by atoms with Crippen molar-refractivity contribution in [3.8, 4) is 16.9 Å². The molecule has 32 heavy (non-hydrogen) atoms. The highest BCUT2D eigenvalue weighted by Crippen LogP contribution is 2.39. The van der Waals surface area contributed by atoms with Gasteiger partial charge in [-0.05, 0) is 30.5 Å². The number of hydrogen-bond donors (Lipinski definition) is 0. The Bertz CT molecular complexity index is 1490. The maximum Gasteiger partial charge on any atom is 0.416 e. The number of aryl methyl sites for hydroxylation is 2. The summed E-state index contributed by atoms with van der Waals surface area (Å²) in [6.45, 7) is 3.82. The van der Waals surface area contributed by atoms with Crippen LogP contribution in [-0.2, 0) is 13.2 Å². The van der Waals surface area contributed by atoms with E-state index in [1.54, 1.807) is 0 Å². The highest BCUT2D eigenvalue weighted by molar-refractivity contribution is 5.97. The van der Waals surface area contributed by atoms with Crippen LogP contribution in [0.2, 0.25) is 0 Å². The van der Waals surface area contributed by atoms with E-state index in [4.69, 9.17) is 0 Å². The van der Waals surface area contributed by atoms with Crippen molar-refractivity contribution in [2.45, 2.75) is 20.0 Å². The zero-order valence-electron chi connectivity index (χ0n) is 18.0. The molecule has 0 aliphatic heterocycles. The Kier molecular flexibility index (Phi) is 4.59. The molecule has 2 heterocycles. The molecule has 0 fully saturated rings. The van der Waals surface area contributed by atoms with Gasteiger partial charge in [0.2, 0.25) is 11.2 Å². The van der Waals surface area contributed by atoms with Gasteiger partial charge in [-0.2, -0.15) is 17.7 Å². The fourth-order valence-corrected chi connectivity index (χ4v) is 4.59. The number of aromatic nitrogens is 2. The van der Waals surface area contributed by atoms with E-state index in [2.05, 4.69) is 0 Å². The highest BCUT2D eigenvalue weighted by Gasteiger charge is 2.35. The van der Waals surface area contributed by atoms with E-state index in [-0.39, 0.29) is 0 Å². The molecule has 5 heteroatoms.